The summed E-state index contributed by atoms with van der Waals surface area (Å²) in [5.74, 6) is -2.45. The van der Waals surface area contributed by atoms with E-state index in [9.17, 15) is 24.0 Å². The van der Waals surface area contributed by atoms with Crippen LogP contribution in [0.2, 0.25) is 0 Å². The molecule has 9 atom stereocenters. The second-order valence-corrected chi connectivity index (χ2v) is 15.7. The first-order valence-electron chi connectivity index (χ1n) is 19.3. The quantitative estimate of drug-likeness (QED) is 0.195. The Bertz CT molecular complexity index is 1390. The van der Waals surface area contributed by atoms with Crippen LogP contribution >= 0.6 is 0 Å². The zero-order valence-electron chi connectivity index (χ0n) is 33.7. The zero-order valence-corrected chi connectivity index (χ0v) is 33.7. The Hall–Kier alpha value is -3.55. The third-order valence-corrected chi connectivity index (χ3v) is 11.9. The number of likely N-dealkylation sites (N-methyl/N-ethyl adjacent to an activating group) is 2. The van der Waals surface area contributed by atoms with Crippen molar-refractivity contribution in [3.63, 3.8) is 0 Å². The van der Waals surface area contributed by atoms with Crippen LogP contribution < -0.4 is 16.4 Å². The second-order valence-electron chi connectivity index (χ2n) is 15.7. The Kier molecular flexibility index (Phi) is 16.3. The topological polar surface area (TPSA) is 164 Å². The number of likely N-dealkylation sites (tertiary alicyclic amines) is 2. The summed E-state index contributed by atoms with van der Waals surface area (Å²) in [6, 6.07) is 6.84. The highest BCUT2D eigenvalue weighted by atomic mass is 16.5. The molecule has 0 spiro atoms. The van der Waals surface area contributed by atoms with Crippen molar-refractivity contribution in [1.29, 1.82) is 0 Å². The molecule has 2 fully saturated rings. The molecule has 1 aromatic rings. The van der Waals surface area contributed by atoms with Crippen molar-refractivity contribution in [3.8, 4) is 0 Å². The van der Waals surface area contributed by atoms with E-state index in [1.54, 1.807) is 30.9 Å². The highest BCUT2D eigenvalue weighted by Crippen LogP contribution is 2.31. The van der Waals surface area contributed by atoms with Crippen LogP contribution in [0.15, 0.2) is 30.3 Å². The summed E-state index contributed by atoms with van der Waals surface area (Å²) in [6.07, 6.45) is 2.74. The molecule has 2 aliphatic heterocycles. The number of nitrogens with one attached hydrogen (secondary N) is 2. The lowest BCUT2D eigenvalue weighted by Gasteiger charge is -2.41. The number of amides is 5. The van der Waals surface area contributed by atoms with Crippen molar-refractivity contribution in [2.24, 2.45) is 23.5 Å². The van der Waals surface area contributed by atoms with E-state index in [1.807, 2.05) is 76.9 Å². The normalized spacial score (nSPS) is 23.1. The maximum absolute atomic E-state index is 14.2. The molecule has 13 nitrogen and oxygen atoms in total. The Morgan fingerprint density at radius 1 is 1.00 bits per heavy atom. The van der Waals surface area contributed by atoms with Gasteiger partial charge in [0.05, 0.1) is 42.2 Å². The summed E-state index contributed by atoms with van der Waals surface area (Å²) in [5, 5.41) is 5.89. The molecule has 298 valence electrons. The molecule has 0 saturated carbocycles. The molecule has 0 bridgehead atoms. The highest BCUT2D eigenvalue weighted by Gasteiger charge is 2.45. The van der Waals surface area contributed by atoms with E-state index in [0.29, 0.717) is 13.0 Å². The first-order valence-corrected chi connectivity index (χ1v) is 19.3. The summed E-state index contributed by atoms with van der Waals surface area (Å²) >= 11 is 0. The van der Waals surface area contributed by atoms with Crippen LogP contribution in [-0.4, -0.2) is 128 Å². The molecule has 13 heteroatoms. The predicted octanol–water partition coefficient (Wildman–Crippen LogP) is 2.74. The predicted molar refractivity (Wildman–Crippen MR) is 204 cm³/mol. The fraction of sp³-hybridized carbons (Fsp3) is 0.725. The van der Waals surface area contributed by atoms with Gasteiger partial charge in [0.1, 0.15) is 12.1 Å². The SMILES string of the molecule is CC[C@H](C)[C@@H]([C@@H](CC(=O)N1CCC[C@H]1[C@H](OC)[C@@H](C)C(=O)N[C@@H](Cc1ccccc1)C(N)=O)OC)N(C)C(=O)[C@@H](NC(=O)[C@]1(C)CCCN1C)C(C)C. The van der Waals surface area contributed by atoms with E-state index in [0.717, 1.165) is 37.8 Å². The molecule has 0 aromatic heterocycles. The first kappa shape index (κ1) is 43.9. The number of benzene rings is 1. The number of hydrogen-bond donors (Lipinski definition) is 3. The van der Waals surface area contributed by atoms with Gasteiger partial charge in [0, 0.05) is 34.2 Å². The molecule has 3 rings (SSSR count). The van der Waals surface area contributed by atoms with Gasteiger partial charge in [-0.15, -0.1) is 0 Å². The van der Waals surface area contributed by atoms with E-state index < -0.39 is 47.7 Å². The smallest absolute Gasteiger partial charge is 0.245 e. The van der Waals surface area contributed by atoms with E-state index in [-0.39, 0.29) is 54.3 Å². The minimum absolute atomic E-state index is 0.0129. The lowest BCUT2D eigenvalue weighted by molar-refractivity contribution is -0.148. The number of carbonyl (C=O) groups is 5. The van der Waals surface area contributed by atoms with Crippen LogP contribution in [0.3, 0.4) is 0 Å². The fourth-order valence-corrected chi connectivity index (χ4v) is 8.10. The van der Waals surface area contributed by atoms with Gasteiger partial charge in [0.25, 0.3) is 0 Å². The maximum Gasteiger partial charge on any atom is 0.245 e. The van der Waals surface area contributed by atoms with Crippen molar-refractivity contribution in [2.45, 2.75) is 128 Å². The molecule has 0 radical (unpaired) electrons. The van der Waals surface area contributed by atoms with Gasteiger partial charge >= 0.3 is 0 Å². The number of nitrogens with two attached hydrogens (primary N) is 1. The third kappa shape index (κ3) is 10.6. The van der Waals surface area contributed by atoms with Crippen molar-refractivity contribution in [3.05, 3.63) is 35.9 Å². The Morgan fingerprint density at radius 3 is 2.19 bits per heavy atom. The second kappa shape index (κ2) is 19.7. The molecular weight excluding hydrogens is 676 g/mol. The molecule has 2 saturated heterocycles. The molecule has 2 aliphatic rings. The maximum atomic E-state index is 14.2. The molecule has 1 aromatic carbocycles. The van der Waals surface area contributed by atoms with Gasteiger partial charge in [-0.25, -0.2) is 0 Å². The molecule has 53 heavy (non-hydrogen) atoms. The molecule has 0 unspecified atom stereocenters. The van der Waals surface area contributed by atoms with Crippen LogP contribution in [-0.2, 0) is 39.9 Å². The van der Waals surface area contributed by atoms with Crippen LogP contribution in [0.4, 0.5) is 0 Å². The van der Waals surface area contributed by atoms with E-state index >= 15 is 0 Å². The van der Waals surface area contributed by atoms with E-state index in [1.165, 1.54) is 7.11 Å². The van der Waals surface area contributed by atoms with Crippen molar-refractivity contribution < 1.29 is 33.4 Å². The number of ether oxygens (including phenoxy) is 2. The average molecular weight is 743 g/mol. The number of carbonyl (C=O) groups excluding carboxylic acids is 5. The van der Waals surface area contributed by atoms with E-state index in [4.69, 9.17) is 15.2 Å². The summed E-state index contributed by atoms with van der Waals surface area (Å²) in [6.45, 7) is 12.9. The first-order chi connectivity index (χ1) is 25.0. The Balaban J connectivity index is 1.77. The lowest BCUT2D eigenvalue weighted by atomic mass is 9.89. The van der Waals surface area contributed by atoms with Crippen molar-refractivity contribution >= 4 is 29.5 Å². The summed E-state index contributed by atoms with van der Waals surface area (Å²) in [5.41, 5.74) is 5.86. The fourth-order valence-electron chi connectivity index (χ4n) is 8.10. The summed E-state index contributed by atoms with van der Waals surface area (Å²) in [7, 11) is 6.75. The van der Waals surface area contributed by atoms with Gasteiger partial charge < -0.3 is 35.6 Å². The monoisotopic (exact) mass is 742 g/mol. The van der Waals surface area contributed by atoms with Gasteiger partial charge in [-0.1, -0.05) is 71.4 Å². The van der Waals surface area contributed by atoms with E-state index in [2.05, 4.69) is 10.6 Å². The molecule has 2 heterocycles. The van der Waals surface area contributed by atoms with Crippen LogP contribution in [0.1, 0.15) is 85.6 Å². The van der Waals surface area contributed by atoms with Gasteiger partial charge in [0.2, 0.25) is 29.5 Å². The van der Waals surface area contributed by atoms with Crippen LogP contribution in [0, 0.1) is 17.8 Å². The van der Waals surface area contributed by atoms with Gasteiger partial charge in [0.15, 0.2) is 0 Å². The van der Waals surface area contributed by atoms with Crippen LogP contribution in [0.25, 0.3) is 0 Å². The number of methoxy groups -OCH3 is 2. The van der Waals surface area contributed by atoms with Crippen molar-refractivity contribution in [1.82, 2.24) is 25.3 Å². The molecule has 4 N–H and O–H groups in total. The molecular formula is C40H66N6O7. The number of primary amides is 1. The lowest BCUT2D eigenvalue weighted by Crippen LogP contribution is -2.61. The molecule has 0 aliphatic carbocycles. The number of nitrogens with zero attached hydrogens (tertiary/aromatic N) is 3. The third-order valence-electron chi connectivity index (χ3n) is 11.9. The van der Waals surface area contributed by atoms with Gasteiger partial charge in [-0.3, -0.25) is 28.9 Å². The van der Waals surface area contributed by atoms with Crippen LogP contribution in [0.5, 0.6) is 0 Å². The van der Waals surface area contributed by atoms with Gasteiger partial charge in [-0.2, -0.15) is 0 Å². The summed E-state index contributed by atoms with van der Waals surface area (Å²) in [4.78, 5) is 73.3. The Labute approximate surface area is 317 Å². The average Bonchev–Trinajstić information content (AvgIpc) is 3.76. The largest absolute Gasteiger partial charge is 0.379 e. The molecule has 5 amide bonds. The van der Waals surface area contributed by atoms with Crippen molar-refractivity contribution in [2.75, 3.05) is 41.4 Å². The van der Waals surface area contributed by atoms with Gasteiger partial charge in [-0.05, 0) is 63.6 Å². The minimum Gasteiger partial charge on any atom is -0.379 e. The Morgan fingerprint density at radius 2 is 1.66 bits per heavy atom. The zero-order chi connectivity index (χ0) is 39.6. The minimum atomic E-state index is -0.901. The standard InChI is InChI=1S/C40H66N6O7/c1-11-26(4)34(45(8)38(50)33(25(2)3)43-39(51)40(6)20-16-21-44(40)7)31(52-9)24-32(47)46-22-15-19-30(46)35(53-10)27(5)37(49)42-29(36(41)48)23-28-17-13-12-14-18-28/h12-14,17-18,25-27,29-31,33-35H,11,15-16,19-24H2,1-10H3,(H2,41,48)(H,42,49)(H,43,51)/t26-,27+,29-,30-,31+,33-,34-,35+,40-/m0/s1. The summed E-state index contributed by atoms with van der Waals surface area (Å²) < 4.78 is 11.9. The number of hydrogen-bond acceptors (Lipinski definition) is 8. The number of rotatable bonds is 19. The highest BCUT2D eigenvalue weighted by molar-refractivity contribution is 5.92.